The van der Waals surface area contributed by atoms with Gasteiger partial charge in [-0.3, -0.25) is 0 Å². The second-order valence-electron chi connectivity index (χ2n) is 6.00. The molecule has 0 aromatic heterocycles. The number of anilines is 1. The van der Waals surface area contributed by atoms with Gasteiger partial charge >= 0.3 is 0 Å². The van der Waals surface area contributed by atoms with Gasteiger partial charge in [0.2, 0.25) is 0 Å². The highest BCUT2D eigenvalue weighted by Crippen LogP contribution is 2.23. The first kappa shape index (κ1) is 16.3. The Bertz CT molecular complexity index is 546. The molecule has 1 N–H and O–H groups in total. The van der Waals surface area contributed by atoms with Gasteiger partial charge in [-0.2, -0.15) is 0 Å². The Kier molecular flexibility index (Phi) is 5.27. The van der Waals surface area contributed by atoms with Gasteiger partial charge in [-0.25, -0.2) is 8.42 Å². The zero-order valence-electron chi connectivity index (χ0n) is 13.2. The number of likely N-dealkylation sites (tertiary alicyclic amines) is 1. The van der Waals surface area contributed by atoms with Gasteiger partial charge in [0.25, 0.3) is 0 Å². The van der Waals surface area contributed by atoms with E-state index in [1.807, 2.05) is 12.1 Å². The summed E-state index contributed by atoms with van der Waals surface area (Å²) in [7, 11) is -0.935. The molecule has 1 aliphatic rings. The van der Waals surface area contributed by atoms with Gasteiger partial charge in [0.05, 0.1) is 10.6 Å². The van der Waals surface area contributed by atoms with Crippen LogP contribution in [0, 0.1) is 5.92 Å². The summed E-state index contributed by atoms with van der Waals surface area (Å²) in [5.74, 6) is 0.825. The average molecular weight is 310 g/mol. The van der Waals surface area contributed by atoms with E-state index in [0.717, 1.165) is 18.8 Å². The fourth-order valence-electron chi connectivity index (χ4n) is 2.83. The summed E-state index contributed by atoms with van der Waals surface area (Å²) in [6.45, 7) is 6.20. The Morgan fingerprint density at radius 2 is 1.81 bits per heavy atom. The molecule has 118 valence electrons. The lowest BCUT2D eigenvalue weighted by Gasteiger charge is -2.33. The maximum Gasteiger partial charge on any atom is 0.178 e. The Morgan fingerprint density at radius 1 is 1.24 bits per heavy atom. The zero-order valence-corrected chi connectivity index (χ0v) is 14.0. The number of hydrogen-bond acceptors (Lipinski definition) is 4. The van der Waals surface area contributed by atoms with E-state index in [0.29, 0.717) is 16.9 Å². The zero-order chi connectivity index (χ0) is 15.5. The van der Waals surface area contributed by atoms with Crippen molar-refractivity contribution in [2.45, 2.75) is 37.6 Å². The predicted molar refractivity (Wildman–Crippen MR) is 87.5 cm³/mol. The van der Waals surface area contributed by atoms with E-state index in [9.17, 15) is 8.42 Å². The van der Waals surface area contributed by atoms with E-state index < -0.39 is 9.84 Å². The number of benzene rings is 1. The first-order valence-electron chi connectivity index (χ1n) is 7.70. The quantitative estimate of drug-likeness (QED) is 0.908. The lowest BCUT2D eigenvalue weighted by Crippen LogP contribution is -2.37. The molecular weight excluding hydrogens is 284 g/mol. The fraction of sp³-hybridized carbons (Fsp3) is 0.625. The molecule has 0 amide bonds. The first-order chi connectivity index (χ1) is 9.92. The molecule has 0 spiro atoms. The Morgan fingerprint density at radius 3 is 2.33 bits per heavy atom. The number of sulfone groups is 1. The highest BCUT2D eigenvalue weighted by atomic mass is 32.2. The molecule has 1 heterocycles. The van der Waals surface area contributed by atoms with Crippen LogP contribution in [0.4, 0.5) is 5.69 Å². The molecule has 21 heavy (non-hydrogen) atoms. The van der Waals surface area contributed by atoms with Crippen LogP contribution in [0.5, 0.6) is 0 Å². The Hall–Kier alpha value is -1.07. The van der Waals surface area contributed by atoms with Gasteiger partial charge in [-0.05, 0) is 70.1 Å². The van der Waals surface area contributed by atoms with Gasteiger partial charge in [0, 0.05) is 11.7 Å². The third kappa shape index (κ3) is 4.20. The third-order valence-corrected chi connectivity index (χ3v) is 6.21. The summed E-state index contributed by atoms with van der Waals surface area (Å²) in [6, 6.07) is 7.54. The minimum atomic E-state index is -3.10. The summed E-state index contributed by atoms with van der Waals surface area (Å²) in [6.07, 6.45) is 2.43. The van der Waals surface area contributed by atoms with E-state index >= 15 is 0 Å². The number of nitrogens with zero attached hydrogens (tertiary/aromatic N) is 1. The van der Waals surface area contributed by atoms with Crippen LogP contribution in [0.3, 0.4) is 0 Å². The maximum absolute atomic E-state index is 11.8. The minimum Gasteiger partial charge on any atom is -0.382 e. The number of nitrogens with one attached hydrogen (secondary N) is 1. The van der Waals surface area contributed by atoms with Crippen molar-refractivity contribution in [1.82, 2.24) is 4.90 Å². The minimum absolute atomic E-state index is 0.145. The summed E-state index contributed by atoms with van der Waals surface area (Å²) in [4.78, 5) is 2.77. The standard InChI is InChI=1S/C16H26N2O2S/c1-4-21(19,20)16-7-5-15(6-8-16)17-13(2)14-9-11-18(3)12-10-14/h5-8,13-14,17H,4,9-12H2,1-3H3. The summed E-state index contributed by atoms with van der Waals surface area (Å²) >= 11 is 0. The SMILES string of the molecule is CCS(=O)(=O)c1ccc(NC(C)C2CCN(C)CC2)cc1. The largest absolute Gasteiger partial charge is 0.382 e. The van der Waals surface area contributed by atoms with Crippen molar-refractivity contribution in [2.75, 3.05) is 31.2 Å². The van der Waals surface area contributed by atoms with Gasteiger partial charge in [-0.1, -0.05) is 6.92 Å². The lowest BCUT2D eigenvalue weighted by molar-refractivity contribution is 0.208. The molecule has 1 atom stereocenters. The molecule has 0 radical (unpaired) electrons. The molecule has 2 rings (SSSR count). The van der Waals surface area contributed by atoms with Crippen LogP contribution in [-0.2, 0) is 9.84 Å². The molecule has 0 bridgehead atoms. The van der Waals surface area contributed by atoms with Crippen LogP contribution in [0.1, 0.15) is 26.7 Å². The van der Waals surface area contributed by atoms with Crippen LogP contribution in [-0.4, -0.2) is 45.2 Å². The second kappa shape index (κ2) is 6.79. The monoisotopic (exact) mass is 310 g/mol. The van der Waals surface area contributed by atoms with E-state index in [1.165, 1.54) is 12.8 Å². The molecule has 1 fully saturated rings. The summed E-state index contributed by atoms with van der Waals surface area (Å²) in [5, 5.41) is 3.51. The van der Waals surface area contributed by atoms with Crippen LogP contribution in [0.25, 0.3) is 0 Å². The highest BCUT2D eigenvalue weighted by Gasteiger charge is 2.22. The molecule has 1 aliphatic heterocycles. The lowest BCUT2D eigenvalue weighted by atomic mass is 9.90. The van der Waals surface area contributed by atoms with Crippen molar-refractivity contribution in [3.63, 3.8) is 0 Å². The van der Waals surface area contributed by atoms with Crippen LogP contribution < -0.4 is 5.32 Å². The first-order valence-corrected chi connectivity index (χ1v) is 9.35. The predicted octanol–water partition coefficient (Wildman–Crippen LogP) is 2.62. The Labute approximate surface area is 128 Å². The molecular formula is C16H26N2O2S. The number of hydrogen-bond donors (Lipinski definition) is 1. The molecule has 0 saturated carbocycles. The summed E-state index contributed by atoms with van der Waals surface area (Å²) < 4.78 is 23.6. The van der Waals surface area contributed by atoms with E-state index in [-0.39, 0.29) is 5.75 Å². The molecule has 1 saturated heterocycles. The highest BCUT2D eigenvalue weighted by molar-refractivity contribution is 7.91. The Balaban J connectivity index is 1.97. The van der Waals surface area contributed by atoms with Gasteiger partial charge in [0.1, 0.15) is 0 Å². The van der Waals surface area contributed by atoms with Crippen molar-refractivity contribution in [2.24, 2.45) is 5.92 Å². The topological polar surface area (TPSA) is 49.4 Å². The van der Waals surface area contributed by atoms with E-state index in [2.05, 4.69) is 24.2 Å². The molecule has 1 unspecified atom stereocenters. The van der Waals surface area contributed by atoms with Crippen molar-refractivity contribution in [3.05, 3.63) is 24.3 Å². The van der Waals surface area contributed by atoms with E-state index in [1.54, 1.807) is 19.1 Å². The van der Waals surface area contributed by atoms with Crippen LogP contribution in [0.15, 0.2) is 29.2 Å². The molecule has 5 heteroatoms. The van der Waals surface area contributed by atoms with Crippen molar-refractivity contribution in [3.8, 4) is 0 Å². The van der Waals surface area contributed by atoms with Gasteiger partial charge in [-0.15, -0.1) is 0 Å². The number of piperidine rings is 1. The van der Waals surface area contributed by atoms with Gasteiger partial charge < -0.3 is 10.2 Å². The van der Waals surface area contributed by atoms with Crippen LogP contribution >= 0.6 is 0 Å². The fourth-order valence-corrected chi connectivity index (χ4v) is 3.72. The number of rotatable bonds is 5. The molecule has 4 nitrogen and oxygen atoms in total. The van der Waals surface area contributed by atoms with Crippen molar-refractivity contribution >= 4 is 15.5 Å². The third-order valence-electron chi connectivity index (χ3n) is 4.46. The normalized spacial score (nSPS) is 19.4. The van der Waals surface area contributed by atoms with Crippen molar-refractivity contribution < 1.29 is 8.42 Å². The van der Waals surface area contributed by atoms with Gasteiger partial charge in [0.15, 0.2) is 9.84 Å². The van der Waals surface area contributed by atoms with E-state index in [4.69, 9.17) is 0 Å². The second-order valence-corrected chi connectivity index (χ2v) is 8.28. The molecule has 1 aromatic rings. The smallest absolute Gasteiger partial charge is 0.178 e. The summed E-state index contributed by atoms with van der Waals surface area (Å²) in [5.41, 5.74) is 0.997. The average Bonchev–Trinajstić information content (AvgIpc) is 2.48. The molecule has 0 aliphatic carbocycles. The van der Waals surface area contributed by atoms with Crippen molar-refractivity contribution in [1.29, 1.82) is 0 Å². The maximum atomic E-state index is 11.8. The van der Waals surface area contributed by atoms with Crippen LogP contribution in [0.2, 0.25) is 0 Å². The molecule has 1 aromatic carbocycles.